The van der Waals surface area contributed by atoms with E-state index in [4.69, 9.17) is 4.74 Å². The number of allylic oxidation sites excluding steroid dienone is 2. The number of carbonyl (C=O) groups excluding carboxylic acids is 2. The fourth-order valence-electron chi connectivity index (χ4n) is 11.2. The van der Waals surface area contributed by atoms with Crippen molar-refractivity contribution in [1.29, 1.82) is 0 Å². The van der Waals surface area contributed by atoms with Gasteiger partial charge in [0.05, 0.1) is 25.4 Å². The number of nitrogens with one attached hydrogen (secondary N) is 1. The third-order valence-corrected chi connectivity index (χ3v) is 16.6. The molecular weight excluding hydrogens is 935 g/mol. The lowest BCUT2D eigenvalue weighted by molar-refractivity contribution is -0.143. The van der Waals surface area contributed by atoms with Gasteiger partial charge >= 0.3 is 5.97 Å². The number of aliphatic hydroxyl groups excluding tert-OH is 2. The molecule has 0 aliphatic rings. The minimum absolute atomic E-state index is 0.00365. The van der Waals surface area contributed by atoms with E-state index < -0.39 is 12.1 Å². The first-order valence-corrected chi connectivity index (χ1v) is 34.9. The molecule has 0 rings (SSSR count). The fraction of sp³-hybridized carbons (Fsp3) is 0.943. The molecule has 0 aromatic rings. The van der Waals surface area contributed by atoms with E-state index >= 15 is 0 Å². The Bertz CT molecular complexity index is 1140. The normalized spacial score (nSPS) is 12.5. The van der Waals surface area contributed by atoms with Gasteiger partial charge in [-0.1, -0.05) is 347 Å². The van der Waals surface area contributed by atoms with Gasteiger partial charge in [-0.15, -0.1) is 0 Å². The molecule has 6 heteroatoms. The van der Waals surface area contributed by atoms with Crippen molar-refractivity contribution >= 4 is 11.9 Å². The van der Waals surface area contributed by atoms with Gasteiger partial charge in [0, 0.05) is 12.8 Å². The number of aliphatic hydroxyl groups is 2. The van der Waals surface area contributed by atoms with Crippen LogP contribution in [-0.4, -0.2) is 47.4 Å². The van der Waals surface area contributed by atoms with Crippen LogP contribution in [0.4, 0.5) is 0 Å². The third kappa shape index (κ3) is 61.8. The van der Waals surface area contributed by atoms with E-state index in [0.717, 1.165) is 44.9 Å². The van der Waals surface area contributed by atoms with Crippen LogP contribution in [-0.2, 0) is 14.3 Å². The van der Waals surface area contributed by atoms with Crippen molar-refractivity contribution in [2.45, 2.75) is 411 Å². The Labute approximate surface area is 476 Å². The first-order chi connectivity index (χ1) is 37.5. The number of unbranched alkanes of at least 4 members (excludes halogenated alkanes) is 53. The maximum absolute atomic E-state index is 12.6. The zero-order valence-electron chi connectivity index (χ0n) is 51.8. The zero-order valence-corrected chi connectivity index (χ0v) is 51.8. The Morgan fingerprint density at radius 3 is 0.934 bits per heavy atom. The molecule has 3 N–H and O–H groups in total. The number of carbonyl (C=O) groups is 2. The summed E-state index contributed by atoms with van der Waals surface area (Å²) < 4.78 is 5.50. The van der Waals surface area contributed by atoms with E-state index in [1.807, 2.05) is 0 Å². The van der Waals surface area contributed by atoms with Crippen LogP contribution >= 0.6 is 0 Å². The molecule has 6 nitrogen and oxygen atoms in total. The number of esters is 1. The van der Waals surface area contributed by atoms with Crippen molar-refractivity contribution in [3.63, 3.8) is 0 Å². The smallest absolute Gasteiger partial charge is 0.305 e. The second-order valence-electron chi connectivity index (χ2n) is 24.2. The topological polar surface area (TPSA) is 95.9 Å². The summed E-state index contributed by atoms with van der Waals surface area (Å²) in [5, 5.41) is 23.4. The lowest BCUT2D eigenvalue weighted by atomic mass is 10.0. The molecule has 1 amide bonds. The van der Waals surface area contributed by atoms with Crippen LogP contribution in [0.25, 0.3) is 0 Å². The predicted octanol–water partition coefficient (Wildman–Crippen LogP) is 22.4. The lowest BCUT2D eigenvalue weighted by Gasteiger charge is -2.22. The van der Waals surface area contributed by atoms with Gasteiger partial charge in [0.15, 0.2) is 0 Å². The van der Waals surface area contributed by atoms with Gasteiger partial charge in [0.1, 0.15) is 0 Å². The lowest BCUT2D eigenvalue weighted by Crippen LogP contribution is -2.45. The number of amides is 1. The van der Waals surface area contributed by atoms with Gasteiger partial charge in [0.25, 0.3) is 0 Å². The first kappa shape index (κ1) is 74.6. The van der Waals surface area contributed by atoms with Gasteiger partial charge < -0.3 is 20.3 Å². The molecule has 0 spiro atoms. The fourth-order valence-corrected chi connectivity index (χ4v) is 11.2. The predicted molar refractivity (Wildman–Crippen MR) is 333 cm³/mol. The summed E-state index contributed by atoms with van der Waals surface area (Å²) >= 11 is 0. The molecule has 0 saturated carbocycles. The van der Waals surface area contributed by atoms with Crippen LogP contribution in [0, 0.1) is 0 Å². The summed E-state index contributed by atoms with van der Waals surface area (Å²) in [5.74, 6) is -0.0314. The number of rotatable bonds is 66. The summed E-state index contributed by atoms with van der Waals surface area (Å²) in [7, 11) is 0. The highest BCUT2D eigenvalue weighted by molar-refractivity contribution is 5.76. The van der Waals surface area contributed by atoms with Crippen molar-refractivity contribution in [1.82, 2.24) is 5.32 Å². The van der Waals surface area contributed by atoms with Gasteiger partial charge in [0.2, 0.25) is 5.91 Å². The van der Waals surface area contributed by atoms with E-state index in [-0.39, 0.29) is 18.5 Å². The molecule has 0 aromatic heterocycles. The van der Waals surface area contributed by atoms with E-state index in [1.165, 1.54) is 321 Å². The summed E-state index contributed by atoms with van der Waals surface area (Å²) in [5.41, 5.74) is 0. The van der Waals surface area contributed by atoms with Crippen molar-refractivity contribution in [3.05, 3.63) is 12.2 Å². The molecule has 452 valence electrons. The van der Waals surface area contributed by atoms with E-state index in [0.29, 0.717) is 25.9 Å². The Balaban J connectivity index is 3.40. The van der Waals surface area contributed by atoms with Gasteiger partial charge in [-0.25, -0.2) is 0 Å². The molecule has 0 saturated heterocycles. The standard InChI is InChI=1S/C70H137NO5/c1-3-5-7-9-11-13-15-17-19-21-22-23-24-25-26-27-28-31-34-38-42-46-50-54-58-62-68(73)67(66-72)71-69(74)63-59-55-51-47-43-39-35-32-29-33-37-41-45-49-53-57-61-65-76-70(75)64-60-56-52-48-44-40-36-30-20-18-16-14-12-10-8-6-4-2/h18,20,67-68,72-73H,3-17,19,21-66H2,1-2H3,(H,71,74)/b20-18-. The molecule has 2 unspecified atom stereocenters. The molecule has 76 heavy (non-hydrogen) atoms. The van der Waals surface area contributed by atoms with Gasteiger partial charge in [-0.05, 0) is 51.4 Å². The van der Waals surface area contributed by atoms with Crippen LogP contribution in [0.15, 0.2) is 12.2 Å². The van der Waals surface area contributed by atoms with Crippen molar-refractivity contribution in [2.24, 2.45) is 0 Å². The second-order valence-corrected chi connectivity index (χ2v) is 24.2. The van der Waals surface area contributed by atoms with Crippen LogP contribution < -0.4 is 5.32 Å². The highest BCUT2D eigenvalue weighted by Crippen LogP contribution is 2.19. The average Bonchev–Trinajstić information content (AvgIpc) is 3.42. The second kappa shape index (κ2) is 66.1. The summed E-state index contributed by atoms with van der Waals surface area (Å²) in [6.45, 7) is 4.98. The quantitative estimate of drug-likeness (QED) is 0.0320. The molecule has 2 atom stereocenters. The zero-order chi connectivity index (χ0) is 55.0. The number of hydrogen-bond acceptors (Lipinski definition) is 5. The minimum atomic E-state index is -0.669. The molecule has 0 aromatic carbocycles. The molecular formula is C70H137NO5. The summed E-state index contributed by atoms with van der Waals surface area (Å²) in [6, 6.07) is -0.547. The molecule has 0 bridgehead atoms. The monoisotopic (exact) mass is 1070 g/mol. The van der Waals surface area contributed by atoms with Crippen LogP contribution in [0.3, 0.4) is 0 Å². The van der Waals surface area contributed by atoms with Gasteiger partial charge in [-0.2, -0.15) is 0 Å². The maximum Gasteiger partial charge on any atom is 0.305 e. The molecule has 0 aliphatic carbocycles. The third-order valence-electron chi connectivity index (χ3n) is 16.6. The first-order valence-electron chi connectivity index (χ1n) is 34.9. The SMILES string of the molecule is CCCCCCCC/C=C\CCCCCCCCCC(=O)OCCCCCCCCCCCCCCCCCCCC(=O)NC(CO)C(O)CCCCCCCCCCCCCCCCCCCCCCCCCCC. The molecule has 0 aliphatic heterocycles. The molecule has 0 fully saturated rings. The number of hydrogen-bond donors (Lipinski definition) is 3. The molecule has 0 heterocycles. The van der Waals surface area contributed by atoms with Crippen molar-refractivity contribution in [2.75, 3.05) is 13.2 Å². The van der Waals surface area contributed by atoms with Crippen molar-refractivity contribution < 1.29 is 24.5 Å². The Kier molecular flexibility index (Phi) is 64.9. The largest absolute Gasteiger partial charge is 0.466 e. The minimum Gasteiger partial charge on any atom is -0.466 e. The Morgan fingerprint density at radius 2 is 0.618 bits per heavy atom. The van der Waals surface area contributed by atoms with E-state index in [9.17, 15) is 19.8 Å². The van der Waals surface area contributed by atoms with E-state index in [1.54, 1.807) is 0 Å². The van der Waals surface area contributed by atoms with Crippen LogP contribution in [0.5, 0.6) is 0 Å². The highest BCUT2D eigenvalue weighted by Gasteiger charge is 2.20. The Morgan fingerprint density at radius 1 is 0.355 bits per heavy atom. The molecule has 0 radical (unpaired) electrons. The van der Waals surface area contributed by atoms with Gasteiger partial charge in [-0.3, -0.25) is 9.59 Å². The van der Waals surface area contributed by atoms with E-state index in [2.05, 4.69) is 31.3 Å². The van der Waals surface area contributed by atoms with Crippen LogP contribution in [0.2, 0.25) is 0 Å². The highest BCUT2D eigenvalue weighted by atomic mass is 16.5. The van der Waals surface area contributed by atoms with Crippen molar-refractivity contribution in [3.8, 4) is 0 Å². The Hall–Kier alpha value is -1.40. The summed E-state index contributed by atoms with van der Waals surface area (Å²) in [6.07, 6.45) is 81.0. The average molecular weight is 1070 g/mol. The van der Waals surface area contributed by atoms with Crippen LogP contribution in [0.1, 0.15) is 399 Å². The summed E-state index contributed by atoms with van der Waals surface area (Å²) in [4.78, 5) is 24.7. The number of ether oxygens (including phenoxy) is 1. The maximum atomic E-state index is 12.6.